The van der Waals surface area contributed by atoms with Crippen LogP contribution in [0.15, 0.2) is 42.5 Å². The maximum Gasteiger partial charge on any atom is 0.470 e. The summed E-state index contributed by atoms with van der Waals surface area (Å²) in [5.74, 6) is 0.420. The molecule has 1 aliphatic carbocycles. The molecule has 0 fully saturated rings. The average Bonchev–Trinajstić information content (AvgIpc) is 3.25. The largest absolute Gasteiger partial charge is 0.489 e. The summed E-state index contributed by atoms with van der Waals surface area (Å²) in [6.07, 6.45) is 2.53. The Bertz CT molecular complexity index is 1160. The number of nitrogens with one attached hydrogen (secondary N) is 1. The van der Waals surface area contributed by atoms with Crippen LogP contribution in [0.4, 0.5) is 0 Å². The minimum Gasteiger partial charge on any atom is -0.489 e. The average molecular weight is 545 g/mol. The number of nitrogens with zero attached hydrogens (tertiary/aromatic N) is 1. The van der Waals surface area contributed by atoms with Gasteiger partial charge >= 0.3 is 13.8 Å². The van der Waals surface area contributed by atoms with Gasteiger partial charge in [0.15, 0.2) is 0 Å². The fourth-order valence-corrected chi connectivity index (χ4v) is 5.42. The van der Waals surface area contributed by atoms with Crippen LogP contribution >= 0.6 is 7.82 Å². The minimum atomic E-state index is -4.79. The van der Waals surface area contributed by atoms with Crippen molar-refractivity contribution < 1.29 is 33.1 Å². The zero-order valence-electron chi connectivity index (χ0n) is 22.2. The first-order chi connectivity index (χ1) is 18.0. The Morgan fingerprint density at radius 3 is 2.50 bits per heavy atom. The number of ether oxygens (including phenoxy) is 2. The molecule has 3 N–H and O–H groups in total. The summed E-state index contributed by atoms with van der Waals surface area (Å²) >= 11 is 0. The molecule has 38 heavy (non-hydrogen) atoms. The number of phosphoric acid groups is 1. The van der Waals surface area contributed by atoms with Crippen molar-refractivity contribution in [2.45, 2.75) is 64.5 Å². The molecule has 1 aliphatic rings. The second-order valence-electron chi connectivity index (χ2n) is 10.3. The third-order valence-corrected chi connectivity index (χ3v) is 7.12. The molecule has 0 unspecified atom stereocenters. The van der Waals surface area contributed by atoms with Crippen LogP contribution in [0, 0.1) is 17.2 Å². The van der Waals surface area contributed by atoms with E-state index in [1.165, 1.54) is 11.1 Å². The fourth-order valence-electron chi connectivity index (χ4n) is 4.90. The minimum absolute atomic E-state index is 0.141. The molecular weight excluding hydrogens is 507 g/mol. The van der Waals surface area contributed by atoms with Gasteiger partial charge in [-0.3, -0.25) is 9.32 Å². The molecule has 0 aliphatic heterocycles. The summed E-state index contributed by atoms with van der Waals surface area (Å²) in [5.41, 5.74) is 3.49. The number of phosphoric ester groups is 1. The van der Waals surface area contributed by atoms with Gasteiger partial charge in [-0.05, 0) is 81.2 Å². The number of rotatable bonds is 14. The van der Waals surface area contributed by atoms with Crippen molar-refractivity contribution in [2.75, 3.05) is 19.8 Å². The van der Waals surface area contributed by atoms with Crippen molar-refractivity contribution in [3.8, 4) is 11.8 Å². The Kier molecular flexibility index (Phi) is 10.5. The number of benzene rings is 2. The zero-order chi connectivity index (χ0) is 27.8. The van der Waals surface area contributed by atoms with E-state index >= 15 is 0 Å². The van der Waals surface area contributed by atoms with Gasteiger partial charge in [0.2, 0.25) is 0 Å². The number of fused-ring (bicyclic) bond motifs is 1. The number of hydrogen-bond acceptors (Lipinski definition) is 7. The van der Waals surface area contributed by atoms with E-state index in [1.807, 2.05) is 0 Å². The van der Waals surface area contributed by atoms with E-state index in [9.17, 15) is 24.4 Å². The Balaban J connectivity index is 1.61. The summed E-state index contributed by atoms with van der Waals surface area (Å²) in [5, 5.41) is 12.9. The lowest BCUT2D eigenvalue weighted by Crippen LogP contribution is -2.46. The first-order valence-electron chi connectivity index (χ1n) is 12.8. The van der Waals surface area contributed by atoms with Crippen molar-refractivity contribution in [3.05, 3.63) is 64.7 Å². The van der Waals surface area contributed by atoms with Crippen molar-refractivity contribution in [1.82, 2.24) is 5.32 Å². The highest BCUT2D eigenvalue weighted by Gasteiger charge is 2.30. The smallest absolute Gasteiger partial charge is 0.470 e. The first kappa shape index (κ1) is 29.8. The predicted octanol–water partition coefficient (Wildman–Crippen LogP) is 4.08. The fraction of sp³-hybridized carbons (Fsp3) is 0.500. The van der Waals surface area contributed by atoms with Gasteiger partial charge in [0.05, 0.1) is 12.2 Å². The van der Waals surface area contributed by atoms with Gasteiger partial charge in [0.25, 0.3) is 0 Å². The van der Waals surface area contributed by atoms with Crippen molar-refractivity contribution in [1.29, 1.82) is 5.26 Å². The lowest BCUT2D eigenvalue weighted by molar-refractivity contribution is -0.143. The zero-order valence-corrected chi connectivity index (χ0v) is 23.1. The van der Waals surface area contributed by atoms with Crippen molar-refractivity contribution >= 4 is 13.8 Å². The van der Waals surface area contributed by atoms with Gasteiger partial charge < -0.3 is 24.6 Å². The van der Waals surface area contributed by atoms with E-state index in [4.69, 9.17) is 14.0 Å². The molecule has 2 aromatic rings. The molecular formula is C28H37N2O7P. The Hall–Kier alpha value is -2.73. The van der Waals surface area contributed by atoms with Crippen LogP contribution in [0.25, 0.3) is 0 Å². The van der Waals surface area contributed by atoms with Gasteiger partial charge in [-0.25, -0.2) is 4.57 Å². The number of aryl methyl sites for hydroxylation is 1. The van der Waals surface area contributed by atoms with Gasteiger partial charge in [0.1, 0.15) is 24.5 Å². The van der Waals surface area contributed by atoms with Gasteiger partial charge in [0, 0.05) is 18.5 Å². The number of carbonyl (C=O) groups excluding carboxylic acids is 1. The molecule has 0 spiro atoms. The maximum atomic E-state index is 11.7. The second-order valence-corrected chi connectivity index (χ2v) is 11.5. The molecule has 0 aromatic heterocycles. The first-order valence-corrected chi connectivity index (χ1v) is 14.4. The van der Waals surface area contributed by atoms with Crippen LogP contribution in [0.2, 0.25) is 0 Å². The molecule has 0 bridgehead atoms. The lowest BCUT2D eigenvalue weighted by atomic mass is 9.88. The van der Waals surface area contributed by atoms with Crippen LogP contribution in [-0.2, 0) is 37.9 Å². The summed E-state index contributed by atoms with van der Waals surface area (Å²) in [4.78, 5) is 30.6. The molecule has 0 saturated carbocycles. The number of carbonyl (C=O) groups is 1. The number of nitriles is 1. The molecule has 2 aromatic carbocycles. The monoisotopic (exact) mass is 544 g/mol. The third kappa shape index (κ3) is 9.54. The second kappa shape index (κ2) is 13.4. The van der Waals surface area contributed by atoms with Crippen LogP contribution in [0.3, 0.4) is 0 Å². The predicted molar refractivity (Wildman–Crippen MR) is 143 cm³/mol. The van der Waals surface area contributed by atoms with E-state index in [-0.39, 0.29) is 42.4 Å². The molecule has 0 amide bonds. The topological polar surface area (TPSA) is 138 Å². The van der Waals surface area contributed by atoms with E-state index in [0.717, 1.165) is 24.8 Å². The highest BCUT2D eigenvalue weighted by atomic mass is 31.2. The summed E-state index contributed by atoms with van der Waals surface area (Å²) in [6, 6.07) is 15.5. The van der Waals surface area contributed by atoms with E-state index in [0.29, 0.717) is 18.9 Å². The van der Waals surface area contributed by atoms with Gasteiger partial charge in [-0.1, -0.05) is 30.3 Å². The van der Waals surface area contributed by atoms with Crippen LogP contribution in [-0.4, -0.2) is 47.2 Å². The standard InChI is InChI=1S/C28H37N2O7P/c1-4-35-27(31)12-10-20-9-11-24(17-29)26(15-20)36-19-25(37-38(32,33)34)18-30-28(2,3)16-21-13-22-7-5-6-8-23(22)14-21/h5-9,11,15,21,25,30H,4,10,12-14,16,18-19H2,1-3H3,(H2,32,33,34)/t25-/m0/s1. The number of hydrogen-bond donors (Lipinski definition) is 3. The van der Waals surface area contributed by atoms with E-state index in [1.54, 1.807) is 25.1 Å². The lowest BCUT2D eigenvalue weighted by Gasteiger charge is -2.31. The molecule has 206 valence electrons. The Morgan fingerprint density at radius 2 is 1.89 bits per heavy atom. The van der Waals surface area contributed by atoms with Crippen LogP contribution in [0.5, 0.6) is 5.75 Å². The summed E-state index contributed by atoms with van der Waals surface area (Å²) in [7, 11) is -4.79. The molecule has 10 heteroatoms. The van der Waals surface area contributed by atoms with Gasteiger partial charge in [-0.2, -0.15) is 5.26 Å². The van der Waals surface area contributed by atoms with Crippen LogP contribution < -0.4 is 10.1 Å². The van der Waals surface area contributed by atoms with E-state index in [2.05, 4.69) is 49.5 Å². The highest BCUT2D eigenvalue weighted by Crippen LogP contribution is 2.38. The van der Waals surface area contributed by atoms with Crippen molar-refractivity contribution in [2.24, 2.45) is 5.92 Å². The van der Waals surface area contributed by atoms with Gasteiger partial charge in [-0.15, -0.1) is 0 Å². The Labute approximate surface area is 224 Å². The highest BCUT2D eigenvalue weighted by molar-refractivity contribution is 7.46. The summed E-state index contributed by atoms with van der Waals surface area (Å²) in [6.45, 7) is 6.13. The molecule has 9 nitrogen and oxygen atoms in total. The molecule has 1 atom stereocenters. The molecule has 0 heterocycles. The quantitative estimate of drug-likeness (QED) is 0.237. The van der Waals surface area contributed by atoms with Crippen LogP contribution in [0.1, 0.15) is 55.9 Å². The SMILES string of the molecule is CCOC(=O)CCc1ccc(C#N)c(OC[C@H](CNC(C)(C)CC2Cc3ccccc3C2)OP(=O)(O)O)c1. The Morgan fingerprint density at radius 1 is 1.21 bits per heavy atom. The summed E-state index contributed by atoms with van der Waals surface area (Å²) < 4.78 is 27.5. The van der Waals surface area contributed by atoms with E-state index < -0.39 is 13.9 Å². The molecule has 0 radical (unpaired) electrons. The normalized spacial score (nSPS) is 14.5. The third-order valence-electron chi connectivity index (χ3n) is 6.54. The molecule has 0 saturated heterocycles. The van der Waals surface area contributed by atoms with Crippen molar-refractivity contribution in [3.63, 3.8) is 0 Å². The maximum absolute atomic E-state index is 11.7. The molecule has 3 rings (SSSR count). The number of esters is 1.